The summed E-state index contributed by atoms with van der Waals surface area (Å²) in [5.74, 6) is -0.432. The summed E-state index contributed by atoms with van der Waals surface area (Å²) < 4.78 is 31.3. The summed E-state index contributed by atoms with van der Waals surface area (Å²) in [6, 6.07) is 11.9. The van der Waals surface area contributed by atoms with Crippen molar-refractivity contribution < 1.29 is 18.3 Å². The monoisotopic (exact) mass is 402 g/mol. The summed E-state index contributed by atoms with van der Waals surface area (Å²) >= 11 is 0. The quantitative estimate of drug-likeness (QED) is 0.727. The number of hydrogen-bond acceptors (Lipinski definition) is 3. The van der Waals surface area contributed by atoms with Gasteiger partial charge in [0.15, 0.2) is 11.6 Å². The number of nitrogens with one attached hydrogen (secondary N) is 1. The van der Waals surface area contributed by atoms with Crippen LogP contribution in [0.1, 0.15) is 30.4 Å². The summed E-state index contributed by atoms with van der Waals surface area (Å²) in [6.07, 6.45) is 2.80. The van der Waals surface area contributed by atoms with Gasteiger partial charge in [0.25, 0.3) is 0 Å². The summed E-state index contributed by atoms with van der Waals surface area (Å²) in [4.78, 5) is 14.5. The van der Waals surface area contributed by atoms with E-state index in [0.717, 1.165) is 50.4 Å². The Labute approximate surface area is 170 Å². The number of aryl methyl sites for hydroxylation is 1. The molecule has 1 aliphatic rings. The lowest BCUT2D eigenvalue weighted by Crippen LogP contribution is -2.38. The fourth-order valence-electron chi connectivity index (χ4n) is 3.64. The van der Waals surface area contributed by atoms with Crippen molar-refractivity contribution in [3.63, 3.8) is 0 Å². The van der Waals surface area contributed by atoms with Crippen molar-refractivity contribution in [3.8, 4) is 5.75 Å². The van der Waals surface area contributed by atoms with E-state index in [4.69, 9.17) is 4.74 Å². The number of halogens is 2. The molecule has 0 saturated carbocycles. The molecule has 0 atom stereocenters. The molecule has 0 bridgehead atoms. The first-order valence-electron chi connectivity index (χ1n) is 10.1. The van der Waals surface area contributed by atoms with Crippen molar-refractivity contribution in [1.29, 1.82) is 0 Å². The first kappa shape index (κ1) is 21.2. The Morgan fingerprint density at radius 1 is 1.07 bits per heavy atom. The lowest BCUT2D eigenvalue weighted by Gasteiger charge is -2.32. The van der Waals surface area contributed by atoms with Gasteiger partial charge in [-0.25, -0.2) is 8.78 Å². The molecule has 0 radical (unpaired) electrons. The number of likely N-dealkylation sites (tertiary alicyclic amines) is 1. The van der Waals surface area contributed by atoms with E-state index in [9.17, 15) is 13.6 Å². The van der Waals surface area contributed by atoms with Crippen LogP contribution in [0.25, 0.3) is 0 Å². The van der Waals surface area contributed by atoms with E-state index in [2.05, 4.69) is 22.3 Å². The van der Waals surface area contributed by atoms with Gasteiger partial charge in [0.1, 0.15) is 5.75 Å². The molecule has 4 nitrogen and oxygen atoms in total. The second kappa shape index (κ2) is 10.3. The maximum atomic E-state index is 13.2. The van der Waals surface area contributed by atoms with Gasteiger partial charge in [0.2, 0.25) is 5.91 Å². The van der Waals surface area contributed by atoms with E-state index in [1.807, 2.05) is 12.1 Å². The fourth-order valence-corrected chi connectivity index (χ4v) is 3.64. The predicted molar refractivity (Wildman–Crippen MR) is 109 cm³/mol. The van der Waals surface area contributed by atoms with Crippen LogP contribution in [-0.2, 0) is 17.8 Å². The molecule has 6 heteroatoms. The van der Waals surface area contributed by atoms with E-state index in [1.165, 1.54) is 11.6 Å². The largest absolute Gasteiger partial charge is 0.497 e. The van der Waals surface area contributed by atoms with Gasteiger partial charge in [-0.3, -0.25) is 9.69 Å². The van der Waals surface area contributed by atoms with Crippen LogP contribution in [0.4, 0.5) is 8.78 Å². The van der Waals surface area contributed by atoms with Crippen LogP contribution in [0, 0.1) is 17.6 Å². The molecule has 1 N–H and O–H groups in total. The molecule has 1 heterocycles. The van der Waals surface area contributed by atoms with E-state index >= 15 is 0 Å². The van der Waals surface area contributed by atoms with Gasteiger partial charge in [-0.05, 0) is 73.7 Å². The van der Waals surface area contributed by atoms with Crippen LogP contribution >= 0.6 is 0 Å². The van der Waals surface area contributed by atoms with Crippen LogP contribution in [0.2, 0.25) is 0 Å². The zero-order valence-electron chi connectivity index (χ0n) is 16.8. The van der Waals surface area contributed by atoms with Crippen molar-refractivity contribution in [1.82, 2.24) is 10.2 Å². The molecule has 0 spiro atoms. The van der Waals surface area contributed by atoms with Gasteiger partial charge >= 0.3 is 0 Å². The Balaban J connectivity index is 1.33. The van der Waals surface area contributed by atoms with Gasteiger partial charge < -0.3 is 10.1 Å². The third-order valence-corrected chi connectivity index (χ3v) is 5.49. The van der Waals surface area contributed by atoms with E-state index < -0.39 is 11.6 Å². The molecule has 3 rings (SSSR count). The van der Waals surface area contributed by atoms with Crippen molar-refractivity contribution in [3.05, 3.63) is 65.2 Å². The first-order valence-corrected chi connectivity index (χ1v) is 10.1. The third kappa shape index (κ3) is 6.53. The van der Waals surface area contributed by atoms with Crippen molar-refractivity contribution in [2.24, 2.45) is 5.92 Å². The van der Waals surface area contributed by atoms with Gasteiger partial charge in [0, 0.05) is 19.5 Å². The van der Waals surface area contributed by atoms with Gasteiger partial charge in [0.05, 0.1) is 7.11 Å². The normalized spacial score (nSPS) is 15.3. The van der Waals surface area contributed by atoms with Gasteiger partial charge in [-0.15, -0.1) is 0 Å². The minimum atomic E-state index is -0.871. The molecule has 2 aromatic carbocycles. The van der Waals surface area contributed by atoms with Gasteiger partial charge in [-0.1, -0.05) is 18.2 Å². The number of carbonyl (C=O) groups excluding carboxylic acids is 1. The molecule has 0 aliphatic carbocycles. The number of nitrogens with zero attached hydrogens (tertiary/aromatic N) is 1. The highest BCUT2D eigenvalue weighted by Gasteiger charge is 2.19. The van der Waals surface area contributed by atoms with Crippen molar-refractivity contribution in [2.75, 3.05) is 26.7 Å². The average molecular weight is 402 g/mol. The minimum Gasteiger partial charge on any atom is -0.497 e. The van der Waals surface area contributed by atoms with Crippen LogP contribution in [0.3, 0.4) is 0 Å². The first-order chi connectivity index (χ1) is 14.0. The lowest BCUT2D eigenvalue weighted by atomic mass is 9.96. The van der Waals surface area contributed by atoms with Crippen molar-refractivity contribution in [2.45, 2.75) is 32.2 Å². The second-order valence-electron chi connectivity index (χ2n) is 7.62. The van der Waals surface area contributed by atoms with E-state index in [-0.39, 0.29) is 12.3 Å². The topological polar surface area (TPSA) is 41.6 Å². The molecule has 1 amide bonds. The zero-order valence-corrected chi connectivity index (χ0v) is 16.8. The lowest BCUT2D eigenvalue weighted by molar-refractivity contribution is -0.121. The molecular weight excluding hydrogens is 374 g/mol. The Hall–Kier alpha value is -2.47. The molecule has 1 saturated heterocycles. The van der Waals surface area contributed by atoms with Crippen LogP contribution in [0.15, 0.2) is 42.5 Å². The number of piperidine rings is 1. The summed E-state index contributed by atoms with van der Waals surface area (Å²) in [5, 5.41) is 2.99. The molecule has 0 unspecified atom stereocenters. The van der Waals surface area contributed by atoms with E-state index in [0.29, 0.717) is 24.4 Å². The number of hydrogen-bond donors (Lipinski definition) is 1. The molecule has 29 heavy (non-hydrogen) atoms. The van der Waals surface area contributed by atoms with Crippen LogP contribution in [0.5, 0.6) is 5.75 Å². The maximum absolute atomic E-state index is 13.2. The molecule has 2 aromatic rings. The molecule has 0 aromatic heterocycles. The standard InChI is InChI=1S/C23H28F2N2O2/c1-29-20-6-2-19(3-7-20)16-27-12-10-18(11-13-27)15-26-23(28)9-5-17-4-8-21(24)22(25)14-17/h2-4,6-8,14,18H,5,9-13,15-16H2,1H3,(H,26,28). The zero-order chi connectivity index (χ0) is 20.6. The number of benzene rings is 2. The highest BCUT2D eigenvalue weighted by molar-refractivity contribution is 5.76. The third-order valence-electron chi connectivity index (χ3n) is 5.49. The maximum Gasteiger partial charge on any atom is 0.220 e. The Morgan fingerprint density at radius 3 is 2.41 bits per heavy atom. The Bertz CT molecular complexity index is 803. The number of ether oxygens (including phenoxy) is 1. The molecule has 156 valence electrons. The predicted octanol–water partition coefficient (Wildman–Crippen LogP) is 3.93. The van der Waals surface area contributed by atoms with Crippen molar-refractivity contribution >= 4 is 5.91 Å². The summed E-state index contributed by atoms with van der Waals surface area (Å²) in [5.41, 5.74) is 1.90. The Kier molecular flexibility index (Phi) is 7.58. The highest BCUT2D eigenvalue weighted by atomic mass is 19.2. The SMILES string of the molecule is COc1ccc(CN2CCC(CNC(=O)CCc3ccc(F)c(F)c3)CC2)cc1. The second-order valence-corrected chi connectivity index (χ2v) is 7.62. The molecule has 1 fully saturated rings. The van der Waals surface area contributed by atoms with E-state index in [1.54, 1.807) is 7.11 Å². The number of rotatable bonds is 8. The number of methoxy groups -OCH3 is 1. The van der Waals surface area contributed by atoms with Crippen LogP contribution in [-0.4, -0.2) is 37.6 Å². The minimum absolute atomic E-state index is 0.0459. The smallest absolute Gasteiger partial charge is 0.220 e. The highest BCUT2D eigenvalue weighted by Crippen LogP contribution is 2.20. The number of carbonyl (C=O) groups is 1. The van der Waals surface area contributed by atoms with Gasteiger partial charge in [-0.2, -0.15) is 0 Å². The summed E-state index contributed by atoms with van der Waals surface area (Å²) in [7, 11) is 1.67. The summed E-state index contributed by atoms with van der Waals surface area (Å²) in [6.45, 7) is 3.63. The average Bonchev–Trinajstić information content (AvgIpc) is 2.74. The molecule has 1 aliphatic heterocycles. The van der Waals surface area contributed by atoms with Crippen LogP contribution < -0.4 is 10.1 Å². The molecular formula is C23H28F2N2O2. The Morgan fingerprint density at radius 2 is 1.76 bits per heavy atom. The number of amides is 1. The fraction of sp³-hybridized carbons (Fsp3) is 0.435.